The molecule has 0 unspecified atom stereocenters. The molecular weight excluding hydrogens is 348 g/mol. The van der Waals surface area contributed by atoms with E-state index in [-0.39, 0.29) is 17.9 Å². The Hall–Kier alpha value is -1.53. The maximum absolute atomic E-state index is 11.2. The minimum atomic E-state index is -1.05. The predicted molar refractivity (Wildman–Crippen MR) is 78.4 cm³/mol. The Labute approximate surface area is 129 Å². The van der Waals surface area contributed by atoms with Crippen LogP contribution in [0.1, 0.15) is 21.7 Å². The summed E-state index contributed by atoms with van der Waals surface area (Å²) in [4.78, 5) is 11.2. The summed E-state index contributed by atoms with van der Waals surface area (Å²) >= 11 is 9.42. The molecule has 0 saturated carbocycles. The molecule has 7 heteroatoms. The number of aromatic nitrogens is 2. The van der Waals surface area contributed by atoms with Gasteiger partial charge in [0.05, 0.1) is 20.9 Å². The molecule has 1 N–H and O–H groups in total. The number of para-hydroxylation sites is 1. The van der Waals surface area contributed by atoms with Crippen molar-refractivity contribution in [2.45, 2.75) is 13.5 Å². The third-order valence-electron chi connectivity index (χ3n) is 2.81. The van der Waals surface area contributed by atoms with Crippen molar-refractivity contribution in [2.75, 3.05) is 0 Å². The first kappa shape index (κ1) is 14.9. The Balaban J connectivity index is 2.30. The molecule has 1 aromatic heterocycles. The Morgan fingerprint density at radius 2 is 2.25 bits per heavy atom. The van der Waals surface area contributed by atoms with Gasteiger partial charge >= 0.3 is 5.97 Å². The third-order valence-corrected chi connectivity index (χ3v) is 3.93. The average Bonchev–Trinajstić information content (AvgIpc) is 2.62. The van der Waals surface area contributed by atoms with E-state index in [4.69, 9.17) is 21.4 Å². The Kier molecular flexibility index (Phi) is 4.35. The molecule has 0 spiro atoms. The molecule has 0 atom stereocenters. The molecule has 5 nitrogen and oxygen atoms in total. The number of halogens is 2. The first-order chi connectivity index (χ1) is 9.41. The molecule has 0 saturated heterocycles. The maximum atomic E-state index is 11.2. The summed E-state index contributed by atoms with van der Waals surface area (Å²) in [6, 6.07) is 4.85. The summed E-state index contributed by atoms with van der Waals surface area (Å²) in [5.41, 5.74) is 1.49. The first-order valence-electron chi connectivity index (χ1n) is 5.74. The first-order valence-corrected chi connectivity index (χ1v) is 6.91. The van der Waals surface area contributed by atoms with Crippen molar-refractivity contribution < 1.29 is 14.6 Å². The van der Waals surface area contributed by atoms with Crippen molar-refractivity contribution in [3.05, 3.63) is 44.6 Å². The lowest BCUT2D eigenvalue weighted by atomic mass is 10.2. The monoisotopic (exact) mass is 358 g/mol. The van der Waals surface area contributed by atoms with E-state index in [1.54, 1.807) is 30.8 Å². The molecule has 0 aliphatic heterocycles. The minimum absolute atomic E-state index is 0.0920. The lowest BCUT2D eigenvalue weighted by molar-refractivity contribution is 0.0691. The van der Waals surface area contributed by atoms with Gasteiger partial charge in [-0.05, 0) is 35.0 Å². The van der Waals surface area contributed by atoms with E-state index in [0.717, 1.165) is 0 Å². The summed E-state index contributed by atoms with van der Waals surface area (Å²) in [6.07, 6.45) is 0. The van der Waals surface area contributed by atoms with Crippen LogP contribution in [-0.2, 0) is 13.7 Å². The van der Waals surface area contributed by atoms with Crippen LogP contribution in [0.25, 0.3) is 0 Å². The van der Waals surface area contributed by atoms with E-state index < -0.39 is 5.97 Å². The van der Waals surface area contributed by atoms with Crippen molar-refractivity contribution in [3.63, 3.8) is 0 Å². The molecule has 1 aromatic carbocycles. The fourth-order valence-electron chi connectivity index (χ4n) is 1.80. The van der Waals surface area contributed by atoms with E-state index in [0.29, 0.717) is 20.9 Å². The van der Waals surface area contributed by atoms with Gasteiger partial charge in [-0.15, -0.1) is 0 Å². The van der Waals surface area contributed by atoms with Gasteiger partial charge in [0.25, 0.3) is 0 Å². The molecule has 0 fully saturated rings. The van der Waals surface area contributed by atoms with Crippen molar-refractivity contribution >= 4 is 33.5 Å². The molecule has 2 rings (SSSR count). The lowest BCUT2D eigenvalue weighted by Gasteiger charge is -2.11. The zero-order valence-electron chi connectivity index (χ0n) is 10.9. The summed E-state index contributed by atoms with van der Waals surface area (Å²) in [7, 11) is 1.76. The molecule has 20 heavy (non-hydrogen) atoms. The highest BCUT2D eigenvalue weighted by molar-refractivity contribution is 9.10. The zero-order valence-corrected chi connectivity index (χ0v) is 13.2. The van der Waals surface area contributed by atoms with E-state index in [1.165, 1.54) is 6.07 Å². The van der Waals surface area contributed by atoms with Gasteiger partial charge in [0.1, 0.15) is 17.9 Å². The highest BCUT2D eigenvalue weighted by Gasteiger charge is 2.17. The van der Waals surface area contributed by atoms with Gasteiger partial charge in [-0.1, -0.05) is 17.7 Å². The normalized spacial score (nSPS) is 10.6. The summed E-state index contributed by atoms with van der Waals surface area (Å²) < 4.78 is 7.81. The Bertz CT molecular complexity index is 670. The van der Waals surface area contributed by atoms with Crippen LogP contribution < -0.4 is 4.74 Å². The van der Waals surface area contributed by atoms with E-state index in [9.17, 15) is 4.79 Å². The quantitative estimate of drug-likeness (QED) is 0.908. The number of aryl methyl sites for hydroxylation is 2. The molecule has 0 radical (unpaired) electrons. The second kappa shape index (κ2) is 5.85. The number of rotatable bonds is 4. The largest absolute Gasteiger partial charge is 0.485 e. The van der Waals surface area contributed by atoms with Gasteiger partial charge in [0.15, 0.2) is 0 Å². The highest BCUT2D eigenvalue weighted by atomic mass is 79.9. The molecule has 2 aromatic rings. The zero-order chi connectivity index (χ0) is 14.9. The number of carboxylic acids is 1. The van der Waals surface area contributed by atoms with Crippen molar-refractivity contribution in [1.29, 1.82) is 0 Å². The Morgan fingerprint density at radius 3 is 2.80 bits per heavy atom. The van der Waals surface area contributed by atoms with E-state index >= 15 is 0 Å². The summed E-state index contributed by atoms with van der Waals surface area (Å²) in [6.45, 7) is 1.94. The van der Waals surface area contributed by atoms with Crippen LogP contribution in [0.5, 0.6) is 5.75 Å². The smallest absolute Gasteiger partial charge is 0.339 e. The Morgan fingerprint density at radius 1 is 1.55 bits per heavy atom. The maximum Gasteiger partial charge on any atom is 0.339 e. The van der Waals surface area contributed by atoms with E-state index in [1.807, 2.05) is 0 Å². The van der Waals surface area contributed by atoms with Crippen LogP contribution in [0.2, 0.25) is 5.02 Å². The van der Waals surface area contributed by atoms with Gasteiger partial charge in [-0.25, -0.2) is 4.79 Å². The molecule has 106 valence electrons. The van der Waals surface area contributed by atoms with Crippen LogP contribution in [0.15, 0.2) is 22.7 Å². The van der Waals surface area contributed by atoms with Gasteiger partial charge < -0.3 is 9.84 Å². The third kappa shape index (κ3) is 2.81. The highest BCUT2D eigenvalue weighted by Crippen LogP contribution is 2.30. The molecule has 0 bridgehead atoms. The van der Waals surface area contributed by atoms with Crippen LogP contribution in [-0.4, -0.2) is 20.9 Å². The number of benzene rings is 1. The number of carboxylic acid groups (broad SMARTS) is 1. The molecule has 0 aliphatic carbocycles. The van der Waals surface area contributed by atoms with E-state index in [2.05, 4.69) is 21.0 Å². The average molecular weight is 360 g/mol. The number of hydrogen-bond donors (Lipinski definition) is 1. The predicted octanol–water partition coefficient (Wildman–Crippen LogP) is 3.42. The van der Waals surface area contributed by atoms with Crippen molar-refractivity contribution in [3.8, 4) is 5.75 Å². The molecular formula is C13H12BrClN2O3. The van der Waals surface area contributed by atoms with Gasteiger partial charge in [-0.2, -0.15) is 5.10 Å². The number of ether oxygens (including phenoxy) is 1. The van der Waals surface area contributed by atoms with Crippen molar-refractivity contribution in [2.24, 2.45) is 7.05 Å². The van der Waals surface area contributed by atoms with Gasteiger partial charge in [0, 0.05) is 7.05 Å². The minimum Gasteiger partial charge on any atom is -0.485 e. The SMILES string of the molecule is Cc1nn(C)c(COc2c(Br)cccc2C(=O)O)c1Cl. The fourth-order valence-corrected chi connectivity index (χ4v) is 2.50. The number of aromatic carboxylic acids is 1. The summed E-state index contributed by atoms with van der Waals surface area (Å²) in [5.74, 6) is -0.775. The van der Waals surface area contributed by atoms with Crippen LogP contribution in [0.4, 0.5) is 0 Å². The topological polar surface area (TPSA) is 64.4 Å². The van der Waals surface area contributed by atoms with Gasteiger partial charge in [0.2, 0.25) is 0 Å². The van der Waals surface area contributed by atoms with Gasteiger partial charge in [-0.3, -0.25) is 4.68 Å². The van der Waals surface area contributed by atoms with Crippen LogP contribution in [0.3, 0.4) is 0 Å². The summed E-state index contributed by atoms with van der Waals surface area (Å²) in [5, 5.41) is 13.9. The number of carbonyl (C=O) groups is 1. The number of hydrogen-bond acceptors (Lipinski definition) is 3. The molecule has 0 amide bonds. The standard InChI is InChI=1S/C13H12BrClN2O3/c1-7-11(15)10(17(2)16-7)6-20-12-8(13(18)19)4-3-5-9(12)14/h3-5H,6H2,1-2H3,(H,18,19). The van der Waals surface area contributed by atoms with Crippen molar-refractivity contribution in [1.82, 2.24) is 9.78 Å². The molecule has 1 heterocycles. The second-order valence-electron chi connectivity index (χ2n) is 4.18. The number of nitrogens with zero attached hydrogens (tertiary/aromatic N) is 2. The van der Waals surface area contributed by atoms with Crippen LogP contribution in [0, 0.1) is 6.92 Å². The second-order valence-corrected chi connectivity index (χ2v) is 5.41. The lowest BCUT2D eigenvalue weighted by Crippen LogP contribution is -2.07. The fraction of sp³-hybridized carbons (Fsp3) is 0.231. The molecule has 0 aliphatic rings. The van der Waals surface area contributed by atoms with Crippen LogP contribution >= 0.6 is 27.5 Å².